The Morgan fingerprint density at radius 1 is 1.30 bits per heavy atom. The molecule has 4 rings (SSSR count). The summed E-state index contributed by atoms with van der Waals surface area (Å²) in [6.07, 6.45) is -0.586. The molecule has 2 aromatic carbocycles. The zero-order valence-electron chi connectivity index (χ0n) is 16.3. The number of fused-ring (bicyclic) bond motifs is 1. The van der Waals surface area contributed by atoms with E-state index in [4.69, 9.17) is 21.1 Å². The lowest BCUT2D eigenvalue weighted by atomic mass is 10.1. The van der Waals surface area contributed by atoms with E-state index in [9.17, 15) is 9.59 Å². The number of hydrogen-bond donors (Lipinski definition) is 2. The molecule has 1 aliphatic heterocycles. The van der Waals surface area contributed by atoms with Crippen LogP contribution in [-0.4, -0.2) is 31.3 Å². The summed E-state index contributed by atoms with van der Waals surface area (Å²) < 4.78 is 25.1. The van der Waals surface area contributed by atoms with Crippen LogP contribution in [0.15, 0.2) is 41.2 Å². The average molecular weight is 432 g/mol. The zero-order valence-corrected chi connectivity index (χ0v) is 17.0. The fourth-order valence-corrected chi connectivity index (χ4v) is 3.71. The number of rotatable bonds is 5. The van der Waals surface area contributed by atoms with Crippen molar-refractivity contribution in [1.29, 1.82) is 0 Å². The van der Waals surface area contributed by atoms with E-state index >= 15 is 4.39 Å². The first-order valence-electron chi connectivity index (χ1n) is 9.29. The highest BCUT2D eigenvalue weighted by molar-refractivity contribution is 6.32. The predicted octanol–water partition coefficient (Wildman–Crippen LogP) is 4.46. The van der Waals surface area contributed by atoms with Crippen molar-refractivity contribution in [2.75, 3.05) is 30.5 Å². The summed E-state index contributed by atoms with van der Waals surface area (Å²) in [5, 5.41) is 4.15. The van der Waals surface area contributed by atoms with Gasteiger partial charge in [0.15, 0.2) is 5.82 Å². The summed E-state index contributed by atoms with van der Waals surface area (Å²) in [6, 6.07) is 9.23. The topological polar surface area (TPSA) is 83.7 Å². The maximum Gasteiger partial charge on any atom is 0.414 e. The van der Waals surface area contributed by atoms with E-state index in [0.717, 1.165) is 5.39 Å². The molecule has 2 N–H and O–H groups in total. The number of carbonyl (C=O) groups is 1. The molecule has 1 aliphatic rings. The lowest BCUT2D eigenvalue weighted by Crippen LogP contribution is -2.25. The number of anilines is 2. The Labute approximate surface area is 176 Å². The van der Waals surface area contributed by atoms with Gasteiger partial charge in [-0.3, -0.25) is 9.69 Å². The van der Waals surface area contributed by atoms with Gasteiger partial charge in [0.2, 0.25) is 0 Å². The molecular weight excluding hydrogens is 413 g/mol. The van der Waals surface area contributed by atoms with Crippen molar-refractivity contribution in [3.05, 3.63) is 63.2 Å². The van der Waals surface area contributed by atoms with Crippen molar-refractivity contribution in [3.8, 4) is 5.75 Å². The minimum atomic E-state index is -0.590. The summed E-state index contributed by atoms with van der Waals surface area (Å²) in [7, 11) is 1.50. The van der Waals surface area contributed by atoms with Crippen LogP contribution in [0.2, 0.25) is 5.02 Å². The molecular formula is C21H19ClFN3O4. The Balaban J connectivity index is 1.66. The van der Waals surface area contributed by atoms with Crippen LogP contribution in [0.25, 0.3) is 10.9 Å². The highest BCUT2D eigenvalue weighted by Gasteiger charge is 2.27. The highest BCUT2D eigenvalue weighted by Crippen LogP contribution is 2.32. The van der Waals surface area contributed by atoms with E-state index in [-0.39, 0.29) is 30.1 Å². The molecule has 0 aliphatic carbocycles. The summed E-state index contributed by atoms with van der Waals surface area (Å²) >= 11 is 6.19. The largest absolute Gasteiger partial charge is 0.495 e. The van der Waals surface area contributed by atoms with Gasteiger partial charge in [-0.05, 0) is 31.2 Å². The molecule has 1 amide bonds. The van der Waals surface area contributed by atoms with E-state index in [2.05, 4.69) is 10.3 Å². The molecule has 1 fully saturated rings. The Hall–Kier alpha value is -3.26. The van der Waals surface area contributed by atoms with Gasteiger partial charge in [0, 0.05) is 17.0 Å². The molecule has 1 atom stereocenters. The summed E-state index contributed by atoms with van der Waals surface area (Å²) in [4.78, 5) is 28.4. The zero-order chi connectivity index (χ0) is 21.4. The minimum Gasteiger partial charge on any atom is -0.495 e. The Bertz CT molecular complexity index is 1200. The lowest BCUT2D eigenvalue weighted by Gasteiger charge is -2.19. The van der Waals surface area contributed by atoms with Crippen molar-refractivity contribution in [3.63, 3.8) is 0 Å². The van der Waals surface area contributed by atoms with Crippen molar-refractivity contribution < 1.29 is 18.7 Å². The van der Waals surface area contributed by atoms with Crippen molar-refractivity contribution in [1.82, 2.24) is 4.98 Å². The van der Waals surface area contributed by atoms with Crippen LogP contribution in [0, 0.1) is 5.82 Å². The van der Waals surface area contributed by atoms with E-state index in [0.29, 0.717) is 21.9 Å². The first-order chi connectivity index (χ1) is 14.4. The quantitative estimate of drug-likeness (QED) is 0.623. The van der Waals surface area contributed by atoms with Gasteiger partial charge >= 0.3 is 6.09 Å². The third kappa shape index (κ3) is 3.54. The molecule has 0 bridgehead atoms. The van der Waals surface area contributed by atoms with Crippen LogP contribution in [0.3, 0.4) is 0 Å². The maximum absolute atomic E-state index is 15.0. The highest BCUT2D eigenvalue weighted by atomic mass is 35.5. The number of carbonyl (C=O) groups excluding carboxylic acids is 1. The molecule has 0 radical (unpaired) electrons. The fraction of sp³-hybridized carbons (Fsp3) is 0.238. The van der Waals surface area contributed by atoms with Gasteiger partial charge in [0.1, 0.15) is 12.4 Å². The molecule has 3 aromatic rings. The predicted molar refractivity (Wildman–Crippen MR) is 113 cm³/mol. The minimum absolute atomic E-state index is 0.126. The van der Waals surface area contributed by atoms with Crippen molar-refractivity contribution in [2.45, 2.75) is 13.0 Å². The number of cyclic esters (lactones) is 1. The Kier molecular flexibility index (Phi) is 5.26. The van der Waals surface area contributed by atoms with Gasteiger partial charge in [-0.2, -0.15) is 0 Å². The van der Waals surface area contributed by atoms with Crippen LogP contribution < -0.4 is 20.5 Å². The number of halogens is 2. The van der Waals surface area contributed by atoms with Crippen molar-refractivity contribution >= 4 is 40.0 Å². The monoisotopic (exact) mass is 431 g/mol. The molecule has 1 saturated heterocycles. The number of nitrogens with one attached hydrogen (secondary N) is 2. The third-order valence-electron chi connectivity index (χ3n) is 5.01. The van der Waals surface area contributed by atoms with Crippen molar-refractivity contribution in [2.24, 2.45) is 0 Å². The summed E-state index contributed by atoms with van der Waals surface area (Å²) in [5.41, 5.74) is 0.978. The molecule has 0 spiro atoms. The second-order valence-electron chi connectivity index (χ2n) is 6.90. The van der Waals surface area contributed by atoms with E-state index in [1.807, 2.05) is 0 Å². The standard InChI is InChI=1S/C21H19ClFN3O4/c1-11(13-8-12-9-14(22)18(29-2)10-16(12)25-20(13)27)24-15-4-3-5-17(19(15)23)26-6-7-30-21(26)28/h3-5,8-11,24H,6-7H2,1-2H3,(H,25,27)/t11-/m0/s1. The van der Waals surface area contributed by atoms with Gasteiger partial charge in [-0.25, -0.2) is 9.18 Å². The number of aromatic nitrogens is 1. The number of methoxy groups -OCH3 is 1. The van der Waals surface area contributed by atoms with Crippen LogP contribution in [0.5, 0.6) is 5.75 Å². The fourth-order valence-electron chi connectivity index (χ4n) is 3.47. The normalized spacial score (nSPS) is 14.7. The summed E-state index contributed by atoms with van der Waals surface area (Å²) in [6.45, 7) is 2.24. The molecule has 2 heterocycles. The van der Waals surface area contributed by atoms with Crippen LogP contribution in [0.4, 0.5) is 20.6 Å². The molecule has 30 heavy (non-hydrogen) atoms. The Morgan fingerprint density at radius 2 is 2.10 bits per heavy atom. The number of H-pyrrole nitrogens is 1. The van der Waals surface area contributed by atoms with Gasteiger partial charge in [0.25, 0.3) is 5.56 Å². The van der Waals surface area contributed by atoms with Gasteiger partial charge in [-0.1, -0.05) is 17.7 Å². The molecule has 7 nitrogen and oxygen atoms in total. The maximum atomic E-state index is 15.0. The van der Waals surface area contributed by atoms with E-state index < -0.39 is 18.0 Å². The number of benzene rings is 2. The third-order valence-corrected chi connectivity index (χ3v) is 5.31. The van der Waals surface area contributed by atoms with Gasteiger partial charge in [0.05, 0.1) is 41.6 Å². The molecule has 0 saturated carbocycles. The van der Waals surface area contributed by atoms with Gasteiger partial charge in [-0.15, -0.1) is 0 Å². The van der Waals surface area contributed by atoms with E-state index in [1.165, 1.54) is 18.1 Å². The lowest BCUT2D eigenvalue weighted by molar-refractivity contribution is 0.181. The SMILES string of the molecule is COc1cc2[nH]c(=O)c([C@H](C)Nc3cccc(N4CCOC4=O)c3F)cc2cc1Cl. The number of aromatic amines is 1. The first-order valence-corrected chi connectivity index (χ1v) is 9.66. The van der Waals surface area contributed by atoms with Gasteiger partial charge < -0.3 is 19.8 Å². The van der Waals surface area contributed by atoms with Crippen LogP contribution in [-0.2, 0) is 4.74 Å². The second-order valence-corrected chi connectivity index (χ2v) is 7.31. The molecule has 1 aromatic heterocycles. The van der Waals surface area contributed by atoms with E-state index in [1.54, 1.807) is 37.3 Å². The first kappa shape index (κ1) is 20.0. The number of hydrogen-bond acceptors (Lipinski definition) is 5. The number of amides is 1. The second kappa shape index (κ2) is 7.87. The molecule has 0 unspecified atom stereocenters. The molecule has 9 heteroatoms. The van der Waals surface area contributed by atoms with Crippen LogP contribution >= 0.6 is 11.6 Å². The van der Waals surface area contributed by atoms with Crippen LogP contribution in [0.1, 0.15) is 18.5 Å². The number of pyridine rings is 1. The Morgan fingerprint density at radius 3 is 2.80 bits per heavy atom. The molecule has 156 valence electrons. The number of ether oxygens (including phenoxy) is 2. The smallest absolute Gasteiger partial charge is 0.414 e. The average Bonchev–Trinajstić information content (AvgIpc) is 3.14. The summed E-state index contributed by atoms with van der Waals surface area (Å²) in [5.74, 6) is -0.133. The number of nitrogens with zero attached hydrogens (tertiary/aromatic N) is 1.